The maximum Gasteiger partial charge on any atom is 0 e. The van der Waals surface area contributed by atoms with Gasteiger partial charge in [0.15, 0.2) is 0 Å². The fraction of sp³-hybridized carbons (Fsp3) is 0.333. The van der Waals surface area contributed by atoms with E-state index in [9.17, 15) is 0 Å². The van der Waals surface area contributed by atoms with Crippen LogP contribution in [0.1, 0.15) is 5.56 Å². The van der Waals surface area contributed by atoms with Crippen LogP contribution in [-0.2, 0) is 26.8 Å². The Balaban J connectivity index is -0.000000403. The zero-order valence-electron chi connectivity index (χ0n) is 9.49. The molecule has 0 bridgehead atoms. The van der Waals surface area contributed by atoms with Gasteiger partial charge in [-0.3, -0.25) is 0 Å². The third kappa shape index (κ3) is 8.44. The van der Waals surface area contributed by atoms with E-state index in [0.29, 0.717) is 0 Å². The van der Waals surface area contributed by atoms with Gasteiger partial charge in [-0.1, -0.05) is 0 Å². The molecular formula is C12H20NPd-3. The van der Waals surface area contributed by atoms with Crippen molar-refractivity contribution >= 4 is 0 Å². The van der Waals surface area contributed by atoms with Crippen LogP contribution in [0.15, 0.2) is 24.3 Å². The van der Waals surface area contributed by atoms with Gasteiger partial charge in [0.05, 0.1) is 0 Å². The molecule has 0 saturated carbocycles. The molecule has 1 aromatic rings. The molecule has 1 nitrogen and oxygen atoms in total. The van der Waals surface area contributed by atoms with Gasteiger partial charge in [-0.2, -0.15) is 35.9 Å². The minimum absolute atomic E-state index is 0. The zero-order chi connectivity index (χ0) is 8.10. The molecule has 0 radical (unpaired) electrons. The van der Waals surface area contributed by atoms with Gasteiger partial charge in [0, 0.05) is 20.4 Å². The van der Waals surface area contributed by atoms with Gasteiger partial charge in [-0.15, -0.1) is 0 Å². The summed E-state index contributed by atoms with van der Waals surface area (Å²) in [4.78, 5) is 2.18. The summed E-state index contributed by atoms with van der Waals surface area (Å²) in [7, 11) is 4.17. The normalized spacial score (nSPS) is 8.21. The van der Waals surface area contributed by atoms with Crippen LogP contribution in [0.2, 0.25) is 0 Å². The molecule has 14 heavy (non-hydrogen) atoms. The molecule has 0 N–H and O–H groups in total. The molecule has 0 aliphatic heterocycles. The van der Waals surface area contributed by atoms with Crippen molar-refractivity contribution in [3.05, 3.63) is 50.7 Å². The first-order valence-corrected chi connectivity index (χ1v) is 3.89. The number of hydrogen-bond acceptors (Lipinski definition) is 1. The molecule has 86 valence electrons. The van der Waals surface area contributed by atoms with Crippen molar-refractivity contribution in [2.45, 2.75) is 6.42 Å². The minimum Gasteiger partial charge on any atom is -0.358 e. The average molecular weight is 285 g/mol. The van der Waals surface area contributed by atoms with Gasteiger partial charge in [-0.05, 0) is 27.1 Å². The predicted molar refractivity (Wildman–Crippen MR) is 60.4 cm³/mol. The molecule has 0 aliphatic carbocycles. The quantitative estimate of drug-likeness (QED) is 0.609. The summed E-state index contributed by atoms with van der Waals surface area (Å²) >= 11 is 0. The topological polar surface area (TPSA) is 3.24 Å². The second-order valence-corrected chi connectivity index (χ2v) is 2.94. The van der Waals surface area contributed by atoms with Crippen LogP contribution in [0.3, 0.4) is 0 Å². The van der Waals surface area contributed by atoms with Crippen molar-refractivity contribution in [2.24, 2.45) is 0 Å². The number of hydrogen-bond donors (Lipinski definition) is 0. The summed E-state index contributed by atoms with van der Waals surface area (Å²) in [5.74, 6) is 0. The van der Waals surface area contributed by atoms with E-state index in [1.807, 2.05) is 12.1 Å². The van der Waals surface area contributed by atoms with Crippen LogP contribution < -0.4 is 0 Å². The molecule has 0 amide bonds. The van der Waals surface area contributed by atoms with Crippen LogP contribution in [0, 0.1) is 20.9 Å². The van der Waals surface area contributed by atoms with Crippen molar-refractivity contribution < 1.29 is 20.4 Å². The number of rotatable bonds is 3. The maximum absolute atomic E-state index is 3.20. The summed E-state index contributed by atoms with van der Waals surface area (Å²) < 4.78 is 0. The molecular weight excluding hydrogens is 265 g/mol. The first-order valence-electron chi connectivity index (χ1n) is 3.89. The molecule has 2 heteroatoms. The standard InChI is InChI=1S/C10H14N.2CH3.Pd/c1-11(2)9-8-10-6-4-3-5-7-10;;;/h3-6H,8-9H2,1-2H3;2*1H3;/q3*-1;. The van der Waals surface area contributed by atoms with E-state index >= 15 is 0 Å². The maximum atomic E-state index is 3.20. The van der Waals surface area contributed by atoms with Crippen LogP contribution in [0.25, 0.3) is 0 Å². The fourth-order valence-electron chi connectivity index (χ4n) is 0.930. The van der Waals surface area contributed by atoms with Gasteiger partial charge in [-0.25, -0.2) is 0 Å². The number of likely N-dealkylation sites (N-methyl/N-ethyl adjacent to an activating group) is 1. The summed E-state index contributed by atoms with van der Waals surface area (Å²) in [6.07, 6.45) is 1.09. The molecule has 0 atom stereocenters. The van der Waals surface area contributed by atoms with Gasteiger partial charge >= 0.3 is 0 Å². The molecule has 0 aliphatic rings. The van der Waals surface area contributed by atoms with Crippen LogP contribution >= 0.6 is 0 Å². The zero-order valence-corrected chi connectivity index (χ0v) is 11.0. The van der Waals surface area contributed by atoms with E-state index in [4.69, 9.17) is 0 Å². The van der Waals surface area contributed by atoms with Crippen molar-refractivity contribution in [2.75, 3.05) is 20.6 Å². The van der Waals surface area contributed by atoms with E-state index in [2.05, 4.69) is 37.2 Å². The summed E-state index contributed by atoms with van der Waals surface area (Å²) in [5, 5.41) is 0. The molecule has 0 aromatic heterocycles. The molecule has 0 spiro atoms. The van der Waals surface area contributed by atoms with Crippen LogP contribution in [-0.4, -0.2) is 25.5 Å². The van der Waals surface area contributed by atoms with Crippen LogP contribution in [0.5, 0.6) is 0 Å². The third-order valence-corrected chi connectivity index (χ3v) is 1.60. The monoisotopic (exact) mass is 284 g/mol. The van der Waals surface area contributed by atoms with Crippen LogP contribution in [0.4, 0.5) is 0 Å². The Kier molecular flexibility index (Phi) is 15.1. The fourth-order valence-corrected chi connectivity index (χ4v) is 0.930. The van der Waals surface area contributed by atoms with Gasteiger partial charge < -0.3 is 19.8 Å². The number of nitrogens with zero attached hydrogens (tertiary/aromatic N) is 1. The predicted octanol–water partition coefficient (Wildman–Crippen LogP) is 2.49. The van der Waals surface area contributed by atoms with E-state index < -0.39 is 0 Å². The summed E-state index contributed by atoms with van der Waals surface area (Å²) in [5.41, 5.74) is 1.29. The van der Waals surface area contributed by atoms with E-state index in [1.165, 1.54) is 5.56 Å². The van der Waals surface area contributed by atoms with Crippen molar-refractivity contribution in [1.29, 1.82) is 0 Å². The Hall–Kier alpha value is -0.158. The average Bonchev–Trinajstić information content (AvgIpc) is 2.03. The van der Waals surface area contributed by atoms with Crippen molar-refractivity contribution in [3.63, 3.8) is 0 Å². The molecule has 0 saturated heterocycles. The Morgan fingerprint density at radius 3 is 2.29 bits per heavy atom. The second kappa shape index (κ2) is 10.9. The minimum atomic E-state index is 0. The summed E-state index contributed by atoms with van der Waals surface area (Å²) in [6, 6.07) is 11.3. The Morgan fingerprint density at radius 1 is 1.21 bits per heavy atom. The largest absolute Gasteiger partial charge is 0.358 e. The number of benzene rings is 1. The Morgan fingerprint density at radius 2 is 1.86 bits per heavy atom. The molecule has 1 rings (SSSR count). The SMILES string of the molecule is CN(C)CCc1[c-]cccc1.[CH3-].[CH3-].[Pd]. The first kappa shape index (κ1) is 19.4. The van der Waals surface area contributed by atoms with E-state index in [0.717, 1.165) is 13.0 Å². The molecule has 1 aromatic carbocycles. The molecule has 0 heterocycles. The van der Waals surface area contributed by atoms with Gasteiger partial charge in [0.1, 0.15) is 0 Å². The third-order valence-electron chi connectivity index (χ3n) is 1.60. The smallest absolute Gasteiger partial charge is 0 e. The molecule has 0 fully saturated rings. The second-order valence-electron chi connectivity index (χ2n) is 2.94. The Bertz CT molecular complexity index is 197. The van der Waals surface area contributed by atoms with Crippen molar-refractivity contribution in [3.8, 4) is 0 Å². The van der Waals surface area contributed by atoms with E-state index in [1.54, 1.807) is 0 Å². The van der Waals surface area contributed by atoms with Gasteiger partial charge in [0.25, 0.3) is 0 Å². The first-order chi connectivity index (χ1) is 5.29. The Labute approximate surface area is 103 Å². The summed E-state index contributed by atoms with van der Waals surface area (Å²) in [6.45, 7) is 1.10. The van der Waals surface area contributed by atoms with Gasteiger partial charge in [0.2, 0.25) is 0 Å². The molecule has 0 unspecified atom stereocenters. The van der Waals surface area contributed by atoms with Crippen molar-refractivity contribution in [1.82, 2.24) is 4.90 Å². The van der Waals surface area contributed by atoms with E-state index in [-0.39, 0.29) is 35.3 Å².